The highest BCUT2D eigenvalue weighted by atomic mass is 79.9. The quantitative estimate of drug-likeness (QED) is 0.841. The summed E-state index contributed by atoms with van der Waals surface area (Å²) in [6, 6.07) is 8.72. The van der Waals surface area contributed by atoms with Gasteiger partial charge in [-0.3, -0.25) is 0 Å². The molecule has 0 aliphatic carbocycles. The molecule has 1 atom stereocenters. The molecule has 1 saturated heterocycles. The Labute approximate surface area is 119 Å². The predicted molar refractivity (Wildman–Crippen MR) is 81.7 cm³/mol. The fourth-order valence-corrected chi connectivity index (χ4v) is 3.87. The zero-order valence-corrected chi connectivity index (χ0v) is 13.1. The third-order valence-corrected chi connectivity index (χ3v) is 4.58. The van der Waals surface area contributed by atoms with Crippen molar-refractivity contribution in [2.75, 3.05) is 6.54 Å². The first kappa shape index (κ1) is 14.1. The van der Waals surface area contributed by atoms with Crippen molar-refractivity contribution in [2.45, 2.75) is 51.5 Å². The van der Waals surface area contributed by atoms with E-state index in [0.29, 0.717) is 5.92 Å². The van der Waals surface area contributed by atoms with E-state index < -0.39 is 0 Å². The van der Waals surface area contributed by atoms with Crippen LogP contribution in [0.3, 0.4) is 0 Å². The summed E-state index contributed by atoms with van der Waals surface area (Å²) in [4.78, 5) is 0. The van der Waals surface area contributed by atoms with E-state index >= 15 is 0 Å². The molecule has 1 aliphatic rings. The first-order valence-electron chi connectivity index (χ1n) is 7.14. The largest absolute Gasteiger partial charge is 0.307 e. The van der Waals surface area contributed by atoms with Crippen molar-refractivity contribution >= 4 is 15.9 Å². The van der Waals surface area contributed by atoms with Crippen LogP contribution in [0.5, 0.6) is 0 Å². The zero-order valence-electron chi connectivity index (χ0n) is 11.5. The number of benzene rings is 1. The first-order valence-corrected chi connectivity index (χ1v) is 7.93. The minimum Gasteiger partial charge on any atom is -0.307 e. The maximum Gasteiger partial charge on any atom is 0.0448 e. The summed E-state index contributed by atoms with van der Waals surface area (Å²) in [5.41, 5.74) is 1.62. The lowest BCUT2D eigenvalue weighted by Crippen LogP contribution is -2.43. The van der Waals surface area contributed by atoms with E-state index in [2.05, 4.69) is 59.4 Å². The molecule has 1 nitrogen and oxygen atoms in total. The molecule has 18 heavy (non-hydrogen) atoms. The second-order valence-electron chi connectivity index (χ2n) is 5.90. The summed E-state index contributed by atoms with van der Waals surface area (Å²) in [5.74, 6) is 0.711. The van der Waals surface area contributed by atoms with Gasteiger partial charge in [0.1, 0.15) is 0 Å². The summed E-state index contributed by atoms with van der Waals surface area (Å²) in [6.07, 6.45) is 6.48. The number of hydrogen-bond acceptors (Lipinski definition) is 1. The molecule has 0 radical (unpaired) electrons. The predicted octanol–water partition coefficient (Wildman–Crippen LogP) is 4.85. The standard InChI is InChI=1S/C16H24BrN/c1-13(2)12-16(10-6-3-7-11-18-16)14-8-4-5-9-15(14)17/h4-5,8-9,13,18H,3,6-7,10-12H2,1-2H3. The molecular formula is C16H24BrN. The van der Waals surface area contributed by atoms with Gasteiger partial charge >= 0.3 is 0 Å². The maximum absolute atomic E-state index is 3.85. The van der Waals surface area contributed by atoms with E-state index in [1.54, 1.807) is 0 Å². The fraction of sp³-hybridized carbons (Fsp3) is 0.625. The number of nitrogens with one attached hydrogen (secondary N) is 1. The third kappa shape index (κ3) is 3.16. The summed E-state index contributed by atoms with van der Waals surface area (Å²) in [5, 5.41) is 3.85. The van der Waals surface area contributed by atoms with Crippen molar-refractivity contribution in [3.63, 3.8) is 0 Å². The van der Waals surface area contributed by atoms with Gasteiger partial charge in [-0.1, -0.05) is 60.8 Å². The second kappa shape index (κ2) is 6.21. The Morgan fingerprint density at radius 1 is 1.22 bits per heavy atom. The minimum absolute atomic E-state index is 0.171. The fourth-order valence-electron chi connectivity index (χ4n) is 3.20. The molecule has 1 heterocycles. The van der Waals surface area contributed by atoms with Gasteiger partial charge in [0.25, 0.3) is 0 Å². The van der Waals surface area contributed by atoms with Gasteiger partial charge in [0.05, 0.1) is 0 Å². The smallest absolute Gasteiger partial charge is 0.0448 e. The molecule has 1 unspecified atom stereocenters. The van der Waals surface area contributed by atoms with E-state index in [0.717, 1.165) is 6.54 Å². The monoisotopic (exact) mass is 309 g/mol. The summed E-state index contributed by atoms with van der Waals surface area (Å²) in [7, 11) is 0. The SMILES string of the molecule is CC(C)CC1(c2ccccc2Br)CCCCCN1. The van der Waals surface area contributed by atoms with Crippen LogP contribution in [0.2, 0.25) is 0 Å². The first-order chi connectivity index (χ1) is 8.64. The van der Waals surface area contributed by atoms with Crippen LogP contribution in [0.4, 0.5) is 0 Å². The summed E-state index contributed by atoms with van der Waals surface area (Å²) in [6.45, 7) is 5.80. The number of rotatable bonds is 3. The van der Waals surface area contributed by atoms with Crippen LogP contribution in [0.1, 0.15) is 51.5 Å². The second-order valence-corrected chi connectivity index (χ2v) is 6.75. The van der Waals surface area contributed by atoms with Gasteiger partial charge in [-0.2, -0.15) is 0 Å². The minimum atomic E-state index is 0.171. The van der Waals surface area contributed by atoms with Gasteiger partial charge in [0.15, 0.2) is 0 Å². The van der Waals surface area contributed by atoms with Crippen LogP contribution in [0.25, 0.3) is 0 Å². The van der Waals surface area contributed by atoms with Crippen molar-refractivity contribution in [2.24, 2.45) is 5.92 Å². The topological polar surface area (TPSA) is 12.0 Å². The lowest BCUT2D eigenvalue weighted by atomic mass is 9.79. The van der Waals surface area contributed by atoms with E-state index in [1.165, 1.54) is 42.1 Å². The maximum atomic E-state index is 3.85. The van der Waals surface area contributed by atoms with Crippen molar-refractivity contribution in [1.82, 2.24) is 5.32 Å². The van der Waals surface area contributed by atoms with E-state index in [1.807, 2.05) is 0 Å². The molecule has 0 saturated carbocycles. The Balaban J connectivity index is 2.37. The van der Waals surface area contributed by atoms with Crippen LogP contribution in [0, 0.1) is 5.92 Å². The molecule has 1 fully saturated rings. The van der Waals surface area contributed by atoms with Crippen molar-refractivity contribution < 1.29 is 0 Å². The molecule has 0 bridgehead atoms. The van der Waals surface area contributed by atoms with Crippen LogP contribution in [-0.2, 0) is 5.54 Å². The summed E-state index contributed by atoms with van der Waals surface area (Å²) >= 11 is 3.74. The molecule has 1 N–H and O–H groups in total. The van der Waals surface area contributed by atoms with E-state index in [9.17, 15) is 0 Å². The van der Waals surface area contributed by atoms with Crippen molar-refractivity contribution in [3.05, 3.63) is 34.3 Å². The van der Waals surface area contributed by atoms with E-state index in [-0.39, 0.29) is 5.54 Å². The average molecular weight is 310 g/mol. The molecule has 1 aliphatic heterocycles. The molecule has 100 valence electrons. The van der Waals surface area contributed by atoms with Gasteiger partial charge < -0.3 is 5.32 Å². The molecule has 1 aromatic carbocycles. The Hall–Kier alpha value is -0.340. The summed E-state index contributed by atoms with van der Waals surface area (Å²) < 4.78 is 1.25. The molecular weight excluding hydrogens is 286 g/mol. The Kier molecular flexibility index (Phi) is 4.85. The number of halogens is 1. The lowest BCUT2D eigenvalue weighted by Gasteiger charge is -2.37. The zero-order chi connectivity index (χ0) is 13.0. The molecule has 2 heteroatoms. The molecule has 0 aromatic heterocycles. The van der Waals surface area contributed by atoms with Crippen LogP contribution in [-0.4, -0.2) is 6.54 Å². The molecule has 0 spiro atoms. The van der Waals surface area contributed by atoms with Crippen LogP contribution in [0.15, 0.2) is 28.7 Å². The van der Waals surface area contributed by atoms with Crippen LogP contribution < -0.4 is 5.32 Å². The Morgan fingerprint density at radius 2 is 2.00 bits per heavy atom. The van der Waals surface area contributed by atoms with Crippen molar-refractivity contribution in [1.29, 1.82) is 0 Å². The highest BCUT2D eigenvalue weighted by molar-refractivity contribution is 9.10. The number of hydrogen-bond donors (Lipinski definition) is 1. The molecule has 0 amide bonds. The van der Waals surface area contributed by atoms with E-state index in [4.69, 9.17) is 0 Å². The van der Waals surface area contributed by atoms with Gasteiger partial charge in [-0.15, -0.1) is 0 Å². The lowest BCUT2D eigenvalue weighted by molar-refractivity contribution is 0.262. The Morgan fingerprint density at radius 3 is 2.72 bits per heavy atom. The molecule has 2 rings (SSSR count). The van der Waals surface area contributed by atoms with Gasteiger partial charge in [-0.05, 0) is 43.4 Å². The van der Waals surface area contributed by atoms with Gasteiger partial charge in [-0.25, -0.2) is 0 Å². The molecule has 1 aromatic rings. The van der Waals surface area contributed by atoms with Gasteiger partial charge in [0.2, 0.25) is 0 Å². The average Bonchev–Trinajstić information content (AvgIpc) is 2.55. The Bertz CT molecular complexity index is 378. The van der Waals surface area contributed by atoms with Crippen LogP contribution >= 0.6 is 15.9 Å². The third-order valence-electron chi connectivity index (χ3n) is 3.89. The normalized spacial score (nSPS) is 25.1. The van der Waals surface area contributed by atoms with Crippen molar-refractivity contribution in [3.8, 4) is 0 Å². The highest BCUT2D eigenvalue weighted by Crippen LogP contribution is 2.39. The highest BCUT2D eigenvalue weighted by Gasteiger charge is 2.34. The van der Waals surface area contributed by atoms with Gasteiger partial charge in [0, 0.05) is 10.0 Å².